The van der Waals surface area contributed by atoms with Crippen LogP contribution in [0.1, 0.15) is 18.4 Å². The number of hydrogen-bond donors (Lipinski definition) is 1. The van der Waals surface area contributed by atoms with Gasteiger partial charge in [0.25, 0.3) is 0 Å². The summed E-state index contributed by atoms with van der Waals surface area (Å²) in [4.78, 5) is 19.7. The zero-order valence-corrected chi connectivity index (χ0v) is 13.3. The van der Waals surface area contributed by atoms with Crippen molar-refractivity contribution >= 4 is 23.5 Å². The van der Waals surface area contributed by atoms with Crippen LogP contribution in [0, 0.1) is 0 Å². The van der Waals surface area contributed by atoms with E-state index in [1.807, 2.05) is 47.6 Å². The molecule has 2 amide bonds. The van der Waals surface area contributed by atoms with Crippen LogP contribution in [0.5, 0.6) is 0 Å². The highest BCUT2D eigenvalue weighted by Crippen LogP contribution is 2.30. The number of para-hydroxylation sites is 1. The number of thioether (sulfide) groups is 1. The quantitative estimate of drug-likeness (QED) is 0.849. The maximum atomic E-state index is 12.7. The van der Waals surface area contributed by atoms with Crippen molar-refractivity contribution < 1.29 is 4.79 Å². The lowest BCUT2D eigenvalue weighted by Crippen LogP contribution is -2.36. The van der Waals surface area contributed by atoms with E-state index in [9.17, 15) is 4.79 Å². The lowest BCUT2D eigenvalue weighted by molar-refractivity contribution is 0.206. The van der Waals surface area contributed by atoms with Crippen molar-refractivity contribution in [3.8, 4) is 0 Å². The number of hydrogen-bond acceptors (Lipinski definition) is 3. The van der Waals surface area contributed by atoms with E-state index in [0.29, 0.717) is 12.6 Å². The molecule has 5 heteroatoms. The zero-order valence-electron chi connectivity index (χ0n) is 12.5. The van der Waals surface area contributed by atoms with Crippen molar-refractivity contribution in [1.82, 2.24) is 9.88 Å². The van der Waals surface area contributed by atoms with E-state index < -0.39 is 0 Å². The van der Waals surface area contributed by atoms with Gasteiger partial charge in [-0.05, 0) is 48.9 Å². The summed E-state index contributed by atoms with van der Waals surface area (Å²) < 4.78 is 0. The summed E-state index contributed by atoms with van der Waals surface area (Å²) in [5.41, 5.74) is 1.98. The highest BCUT2D eigenvalue weighted by Gasteiger charge is 2.32. The van der Waals surface area contributed by atoms with E-state index in [2.05, 4.69) is 10.3 Å². The Labute approximate surface area is 134 Å². The first-order chi connectivity index (χ1) is 10.8. The first-order valence-corrected chi connectivity index (χ1v) is 8.60. The Hall–Kier alpha value is -2.01. The van der Waals surface area contributed by atoms with Crippen LogP contribution < -0.4 is 5.32 Å². The number of amides is 2. The molecule has 0 radical (unpaired) electrons. The Morgan fingerprint density at radius 1 is 1.27 bits per heavy atom. The molecule has 2 aromatic rings. The maximum absolute atomic E-state index is 12.7. The van der Waals surface area contributed by atoms with Crippen molar-refractivity contribution in [2.24, 2.45) is 0 Å². The molecule has 0 atom stereocenters. The highest BCUT2D eigenvalue weighted by atomic mass is 32.2. The van der Waals surface area contributed by atoms with Gasteiger partial charge in [-0.3, -0.25) is 4.98 Å². The summed E-state index contributed by atoms with van der Waals surface area (Å²) in [5.74, 6) is 0. The van der Waals surface area contributed by atoms with E-state index in [1.54, 1.807) is 24.2 Å². The molecule has 1 aromatic heterocycles. The predicted molar refractivity (Wildman–Crippen MR) is 90.0 cm³/mol. The average Bonchev–Trinajstić information content (AvgIpc) is 3.39. The van der Waals surface area contributed by atoms with Gasteiger partial charge in [-0.2, -0.15) is 0 Å². The molecule has 3 rings (SSSR count). The summed E-state index contributed by atoms with van der Waals surface area (Å²) >= 11 is 1.64. The minimum atomic E-state index is -0.0270. The summed E-state index contributed by atoms with van der Waals surface area (Å²) in [6, 6.07) is 12.1. The Morgan fingerprint density at radius 3 is 2.68 bits per heavy atom. The van der Waals surface area contributed by atoms with Gasteiger partial charge >= 0.3 is 6.03 Å². The number of nitrogens with one attached hydrogen (secondary N) is 1. The Balaban J connectivity index is 1.73. The second kappa shape index (κ2) is 6.83. The SMILES string of the molecule is CSc1ccccc1NC(=O)N(Cc1ccncc1)C1CC1. The van der Waals surface area contributed by atoms with Crippen LogP contribution in [0.3, 0.4) is 0 Å². The first-order valence-electron chi connectivity index (χ1n) is 7.37. The Morgan fingerprint density at radius 2 is 2.00 bits per heavy atom. The lowest BCUT2D eigenvalue weighted by Gasteiger charge is -2.23. The minimum Gasteiger partial charge on any atom is -0.317 e. The summed E-state index contributed by atoms with van der Waals surface area (Å²) in [5, 5.41) is 3.05. The number of nitrogens with zero attached hydrogens (tertiary/aromatic N) is 2. The molecule has 1 aromatic carbocycles. The second-order valence-electron chi connectivity index (χ2n) is 5.34. The third-order valence-electron chi connectivity index (χ3n) is 3.70. The van der Waals surface area contributed by atoms with Gasteiger partial charge in [0.15, 0.2) is 0 Å². The van der Waals surface area contributed by atoms with Gasteiger partial charge in [0.2, 0.25) is 0 Å². The number of rotatable bonds is 5. The molecule has 0 unspecified atom stereocenters. The molecule has 22 heavy (non-hydrogen) atoms. The fourth-order valence-corrected chi connectivity index (χ4v) is 2.93. The Kier molecular flexibility index (Phi) is 4.63. The molecule has 1 aliphatic rings. The Bertz CT molecular complexity index is 643. The topological polar surface area (TPSA) is 45.2 Å². The largest absolute Gasteiger partial charge is 0.322 e. The minimum absolute atomic E-state index is 0.0270. The standard InChI is InChI=1S/C17H19N3OS/c1-22-16-5-3-2-4-15(16)19-17(21)20(14-6-7-14)12-13-8-10-18-11-9-13/h2-5,8-11,14H,6-7,12H2,1H3,(H,19,21). The van der Waals surface area contributed by atoms with Crippen molar-refractivity contribution in [3.05, 3.63) is 54.4 Å². The third-order valence-corrected chi connectivity index (χ3v) is 4.50. The van der Waals surface area contributed by atoms with E-state index in [-0.39, 0.29) is 6.03 Å². The molecular weight excluding hydrogens is 294 g/mol. The maximum Gasteiger partial charge on any atom is 0.322 e. The molecule has 4 nitrogen and oxygen atoms in total. The van der Waals surface area contributed by atoms with Gasteiger partial charge < -0.3 is 10.2 Å². The number of carbonyl (C=O) groups excluding carboxylic acids is 1. The molecule has 1 aliphatic carbocycles. The van der Waals surface area contributed by atoms with Gasteiger partial charge in [0.1, 0.15) is 0 Å². The number of anilines is 1. The zero-order chi connectivity index (χ0) is 15.4. The molecule has 0 aliphatic heterocycles. The van der Waals surface area contributed by atoms with Crippen molar-refractivity contribution in [3.63, 3.8) is 0 Å². The molecular formula is C17H19N3OS. The van der Waals surface area contributed by atoms with Gasteiger partial charge in [0.05, 0.1) is 5.69 Å². The third kappa shape index (κ3) is 3.60. The monoisotopic (exact) mass is 313 g/mol. The molecule has 1 fully saturated rings. The molecule has 114 valence electrons. The lowest BCUT2D eigenvalue weighted by atomic mass is 10.2. The number of carbonyl (C=O) groups is 1. The van der Waals surface area contributed by atoms with Crippen LogP contribution >= 0.6 is 11.8 Å². The van der Waals surface area contributed by atoms with Crippen molar-refractivity contribution in [1.29, 1.82) is 0 Å². The van der Waals surface area contributed by atoms with E-state index in [1.165, 1.54) is 0 Å². The number of benzene rings is 1. The highest BCUT2D eigenvalue weighted by molar-refractivity contribution is 7.98. The predicted octanol–water partition coefficient (Wildman–Crippen LogP) is 4.00. The molecule has 0 spiro atoms. The van der Waals surface area contributed by atoms with Crippen LogP contribution in [0.4, 0.5) is 10.5 Å². The van der Waals surface area contributed by atoms with E-state index in [0.717, 1.165) is 29.0 Å². The van der Waals surface area contributed by atoms with Gasteiger partial charge in [-0.1, -0.05) is 12.1 Å². The van der Waals surface area contributed by atoms with E-state index in [4.69, 9.17) is 0 Å². The van der Waals surface area contributed by atoms with Gasteiger partial charge in [-0.25, -0.2) is 4.79 Å². The first kappa shape index (κ1) is 14.9. The van der Waals surface area contributed by atoms with E-state index >= 15 is 0 Å². The second-order valence-corrected chi connectivity index (χ2v) is 6.19. The summed E-state index contributed by atoms with van der Waals surface area (Å²) in [6.45, 7) is 0.625. The van der Waals surface area contributed by atoms with Gasteiger partial charge in [-0.15, -0.1) is 11.8 Å². The number of aromatic nitrogens is 1. The fourth-order valence-electron chi connectivity index (χ4n) is 2.37. The number of urea groups is 1. The van der Waals surface area contributed by atoms with Gasteiger partial charge in [0, 0.05) is 29.9 Å². The van der Waals surface area contributed by atoms with Crippen LogP contribution in [-0.2, 0) is 6.54 Å². The molecule has 1 N–H and O–H groups in total. The normalized spacial score (nSPS) is 13.7. The van der Waals surface area contributed by atoms with Crippen molar-refractivity contribution in [2.75, 3.05) is 11.6 Å². The van der Waals surface area contributed by atoms with Crippen molar-refractivity contribution in [2.45, 2.75) is 30.3 Å². The number of pyridine rings is 1. The molecule has 1 heterocycles. The fraction of sp³-hybridized carbons (Fsp3) is 0.294. The smallest absolute Gasteiger partial charge is 0.317 e. The van der Waals surface area contributed by atoms with Crippen LogP contribution in [0.2, 0.25) is 0 Å². The summed E-state index contributed by atoms with van der Waals surface area (Å²) in [6.07, 6.45) is 7.72. The average molecular weight is 313 g/mol. The van der Waals surface area contributed by atoms with Crippen LogP contribution in [-0.4, -0.2) is 28.2 Å². The summed E-state index contributed by atoms with van der Waals surface area (Å²) in [7, 11) is 0. The molecule has 0 saturated heterocycles. The molecule has 0 bridgehead atoms. The van der Waals surface area contributed by atoms with Crippen LogP contribution in [0.15, 0.2) is 53.7 Å². The molecule has 1 saturated carbocycles. The van der Waals surface area contributed by atoms with Crippen LogP contribution in [0.25, 0.3) is 0 Å².